The molecule has 0 aliphatic rings. The second-order valence-electron chi connectivity index (χ2n) is 5.76. The van der Waals surface area contributed by atoms with Gasteiger partial charge in [0.2, 0.25) is 5.89 Å². The van der Waals surface area contributed by atoms with Crippen molar-refractivity contribution in [3.8, 4) is 11.5 Å². The average Bonchev–Trinajstić information content (AvgIpc) is 3.05. The number of aromatic nitrogens is 1. The molecule has 7 heteroatoms. The molecule has 0 spiro atoms. The largest absolute Gasteiger partial charge is 0.436 e. The first-order valence-corrected chi connectivity index (χ1v) is 9.06. The number of fused-ring (bicyclic) bond motifs is 1. The molecule has 1 aromatic heterocycles. The Morgan fingerprint density at radius 2 is 1.74 bits per heavy atom. The third-order valence-corrected chi connectivity index (χ3v) is 4.80. The van der Waals surface area contributed by atoms with Gasteiger partial charge in [-0.15, -0.1) is 0 Å². The van der Waals surface area contributed by atoms with Crippen molar-refractivity contribution in [1.82, 2.24) is 4.98 Å². The lowest BCUT2D eigenvalue weighted by Gasteiger charge is -2.06. The lowest BCUT2D eigenvalue weighted by molar-refractivity contribution is 0.102. The van der Waals surface area contributed by atoms with E-state index in [1.54, 1.807) is 36.4 Å². The van der Waals surface area contributed by atoms with E-state index in [1.165, 1.54) is 6.07 Å². The first kappa shape index (κ1) is 17.9. The predicted molar refractivity (Wildman–Crippen MR) is 109 cm³/mol. The van der Waals surface area contributed by atoms with Crippen LogP contribution in [0.15, 0.2) is 65.1 Å². The summed E-state index contributed by atoms with van der Waals surface area (Å²) in [5.74, 6) is 0.0747. The number of hydrogen-bond donors (Lipinski definition) is 1. The van der Waals surface area contributed by atoms with Gasteiger partial charge in [-0.2, -0.15) is 0 Å². The monoisotopic (exact) mass is 416 g/mol. The summed E-state index contributed by atoms with van der Waals surface area (Å²) in [6.45, 7) is 0. The SMILES string of the molecule is O=C(Nc1ccc2oc(-c3ccccc3Cl)nc2c1)c1ccc(Cl)cc1Cl. The van der Waals surface area contributed by atoms with E-state index in [0.29, 0.717) is 43.9 Å². The molecule has 0 atom stereocenters. The van der Waals surface area contributed by atoms with Crippen LogP contribution in [0.3, 0.4) is 0 Å². The van der Waals surface area contributed by atoms with Crippen LogP contribution in [-0.4, -0.2) is 10.9 Å². The molecular formula is C20H11Cl3N2O2. The highest BCUT2D eigenvalue weighted by molar-refractivity contribution is 6.37. The number of oxazole rings is 1. The highest BCUT2D eigenvalue weighted by atomic mass is 35.5. The highest BCUT2D eigenvalue weighted by Crippen LogP contribution is 2.31. The molecule has 4 aromatic rings. The number of nitrogens with one attached hydrogen (secondary N) is 1. The molecule has 0 unspecified atom stereocenters. The van der Waals surface area contributed by atoms with Crippen LogP contribution >= 0.6 is 34.8 Å². The normalized spacial score (nSPS) is 10.9. The van der Waals surface area contributed by atoms with Crippen molar-refractivity contribution in [2.24, 2.45) is 0 Å². The van der Waals surface area contributed by atoms with Gasteiger partial charge in [-0.25, -0.2) is 4.98 Å². The number of carbonyl (C=O) groups excluding carboxylic acids is 1. The molecule has 4 rings (SSSR count). The third-order valence-electron chi connectivity index (χ3n) is 3.93. The summed E-state index contributed by atoms with van der Waals surface area (Å²) in [6.07, 6.45) is 0. The standard InChI is InChI=1S/C20H11Cl3N2O2/c21-11-5-7-13(16(23)9-11)19(26)24-12-6-8-18-17(10-12)25-20(27-18)14-3-1-2-4-15(14)22/h1-10H,(H,24,26). The number of benzene rings is 3. The average molecular weight is 418 g/mol. The lowest BCUT2D eigenvalue weighted by Crippen LogP contribution is -2.12. The van der Waals surface area contributed by atoms with Crippen molar-refractivity contribution < 1.29 is 9.21 Å². The van der Waals surface area contributed by atoms with Crippen molar-refractivity contribution >= 4 is 57.5 Å². The number of anilines is 1. The Labute approximate surface area is 169 Å². The molecule has 0 saturated heterocycles. The van der Waals surface area contributed by atoms with E-state index in [2.05, 4.69) is 10.3 Å². The van der Waals surface area contributed by atoms with Crippen LogP contribution in [0.5, 0.6) is 0 Å². The van der Waals surface area contributed by atoms with Gasteiger partial charge in [-0.3, -0.25) is 4.79 Å². The van der Waals surface area contributed by atoms with Crippen molar-refractivity contribution in [3.63, 3.8) is 0 Å². The quantitative estimate of drug-likeness (QED) is 0.403. The highest BCUT2D eigenvalue weighted by Gasteiger charge is 2.14. The van der Waals surface area contributed by atoms with Crippen molar-refractivity contribution in [3.05, 3.63) is 81.3 Å². The molecule has 0 aliphatic heterocycles. The maximum absolute atomic E-state index is 12.5. The third kappa shape index (κ3) is 3.65. The molecular weight excluding hydrogens is 407 g/mol. The summed E-state index contributed by atoms with van der Waals surface area (Å²) in [6, 6.07) is 17.2. The second kappa shape index (κ2) is 7.24. The Morgan fingerprint density at radius 3 is 2.52 bits per heavy atom. The van der Waals surface area contributed by atoms with Gasteiger partial charge in [-0.1, -0.05) is 46.9 Å². The van der Waals surface area contributed by atoms with Gasteiger partial charge in [0, 0.05) is 10.7 Å². The van der Waals surface area contributed by atoms with Crippen LogP contribution < -0.4 is 5.32 Å². The fourth-order valence-corrected chi connectivity index (χ4v) is 3.34. The Kier molecular flexibility index (Phi) is 4.79. The van der Waals surface area contributed by atoms with Crippen LogP contribution in [0.1, 0.15) is 10.4 Å². The van der Waals surface area contributed by atoms with Gasteiger partial charge in [0.1, 0.15) is 5.52 Å². The first-order chi connectivity index (χ1) is 13.0. The van der Waals surface area contributed by atoms with E-state index >= 15 is 0 Å². The summed E-state index contributed by atoms with van der Waals surface area (Å²) in [5, 5.41) is 4.09. The topological polar surface area (TPSA) is 55.1 Å². The van der Waals surface area contributed by atoms with Gasteiger partial charge in [-0.05, 0) is 48.5 Å². The summed E-state index contributed by atoms with van der Waals surface area (Å²) in [7, 11) is 0. The van der Waals surface area contributed by atoms with Gasteiger partial charge in [0.05, 0.1) is 21.2 Å². The Bertz CT molecular complexity index is 1170. The Morgan fingerprint density at radius 1 is 0.926 bits per heavy atom. The fourth-order valence-electron chi connectivity index (χ4n) is 2.63. The molecule has 27 heavy (non-hydrogen) atoms. The molecule has 0 radical (unpaired) electrons. The Hall–Kier alpha value is -2.53. The first-order valence-electron chi connectivity index (χ1n) is 7.93. The van der Waals surface area contributed by atoms with Gasteiger partial charge in [0.15, 0.2) is 5.58 Å². The molecule has 0 bridgehead atoms. The van der Waals surface area contributed by atoms with E-state index in [-0.39, 0.29) is 10.9 Å². The van der Waals surface area contributed by atoms with E-state index in [4.69, 9.17) is 39.2 Å². The Balaban J connectivity index is 1.64. The summed E-state index contributed by atoms with van der Waals surface area (Å²) in [4.78, 5) is 16.9. The van der Waals surface area contributed by atoms with E-state index < -0.39 is 0 Å². The van der Waals surface area contributed by atoms with E-state index in [0.717, 1.165) is 0 Å². The number of carbonyl (C=O) groups is 1. The number of nitrogens with zero attached hydrogens (tertiary/aromatic N) is 1. The molecule has 4 nitrogen and oxygen atoms in total. The number of halogens is 3. The zero-order valence-corrected chi connectivity index (χ0v) is 15.9. The smallest absolute Gasteiger partial charge is 0.257 e. The van der Waals surface area contributed by atoms with Crippen LogP contribution in [0, 0.1) is 0 Å². The van der Waals surface area contributed by atoms with Crippen LogP contribution in [-0.2, 0) is 0 Å². The van der Waals surface area contributed by atoms with Gasteiger partial charge in [0.25, 0.3) is 5.91 Å². The molecule has 1 amide bonds. The van der Waals surface area contributed by atoms with Crippen molar-refractivity contribution in [1.29, 1.82) is 0 Å². The predicted octanol–water partition coefficient (Wildman–Crippen LogP) is 6.71. The zero-order chi connectivity index (χ0) is 19.0. The summed E-state index contributed by atoms with van der Waals surface area (Å²) >= 11 is 18.2. The lowest BCUT2D eigenvalue weighted by atomic mass is 10.2. The minimum absolute atomic E-state index is 0.281. The molecule has 1 N–H and O–H groups in total. The maximum Gasteiger partial charge on any atom is 0.257 e. The molecule has 0 aliphatic carbocycles. The summed E-state index contributed by atoms with van der Waals surface area (Å²) in [5.41, 5.74) is 2.79. The second-order valence-corrected chi connectivity index (χ2v) is 7.01. The molecule has 0 fully saturated rings. The van der Waals surface area contributed by atoms with Crippen molar-refractivity contribution in [2.45, 2.75) is 0 Å². The maximum atomic E-state index is 12.5. The molecule has 134 valence electrons. The number of hydrogen-bond acceptors (Lipinski definition) is 3. The van der Waals surface area contributed by atoms with Gasteiger partial charge < -0.3 is 9.73 Å². The fraction of sp³-hybridized carbons (Fsp3) is 0. The molecule has 0 saturated carbocycles. The van der Waals surface area contributed by atoms with E-state index in [9.17, 15) is 4.79 Å². The zero-order valence-electron chi connectivity index (χ0n) is 13.7. The summed E-state index contributed by atoms with van der Waals surface area (Å²) < 4.78 is 5.77. The minimum atomic E-state index is -0.342. The number of amides is 1. The number of rotatable bonds is 3. The molecule has 3 aromatic carbocycles. The minimum Gasteiger partial charge on any atom is -0.436 e. The van der Waals surface area contributed by atoms with E-state index in [1.807, 2.05) is 18.2 Å². The van der Waals surface area contributed by atoms with Crippen molar-refractivity contribution in [2.75, 3.05) is 5.32 Å². The van der Waals surface area contributed by atoms with Gasteiger partial charge >= 0.3 is 0 Å². The van der Waals surface area contributed by atoms with Crippen LogP contribution in [0.4, 0.5) is 5.69 Å². The van der Waals surface area contributed by atoms with Crippen LogP contribution in [0.25, 0.3) is 22.6 Å². The van der Waals surface area contributed by atoms with Crippen LogP contribution in [0.2, 0.25) is 15.1 Å². The molecule has 1 heterocycles.